The van der Waals surface area contributed by atoms with Crippen molar-refractivity contribution in [2.75, 3.05) is 13.2 Å². The largest absolute Gasteiger partial charge is 0.444 e. The van der Waals surface area contributed by atoms with E-state index in [1.165, 1.54) is 4.90 Å². The molecule has 39 heavy (non-hydrogen) atoms. The number of nitrogens with zero attached hydrogens (tertiary/aromatic N) is 1. The van der Waals surface area contributed by atoms with Crippen molar-refractivity contribution in [2.24, 2.45) is 5.92 Å². The van der Waals surface area contributed by atoms with E-state index in [4.69, 9.17) is 23.4 Å². The summed E-state index contributed by atoms with van der Waals surface area (Å²) in [5, 5.41) is 11.8. The number of fused-ring (bicyclic) bond motifs is 2. The van der Waals surface area contributed by atoms with Gasteiger partial charge in [-0.1, -0.05) is 51.1 Å². The first kappa shape index (κ1) is 30.1. The third-order valence-electron chi connectivity index (χ3n) is 8.23. The summed E-state index contributed by atoms with van der Waals surface area (Å²) < 4.78 is 30.1. The molecule has 0 radical (unpaired) electrons. The molecule has 0 unspecified atom stereocenters. The predicted molar refractivity (Wildman–Crippen MR) is 148 cm³/mol. The lowest BCUT2D eigenvalue weighted by Gasteiger charge is -2.40. The van der Waals surface area contributed by atoms with Crippen molar-refractivity contribution in [2.45, 2.75) is 115 Å². The van der Waals surface area contributed by atoms with Gasteiger partial charge in [0.1, 0.15) is 17.8 Å². The van der Waals surface area contributed by atoms with Gasteiger partial charge in [0, 0.05) is 6.54 Å². The number of hydrogen-bond donors (Lipinski definition) is 1. The zero-order chi connectivity index (χ0) is 28.8. The van der Waals surface area contributed by atoms with E-state index in [9.17, 15) is 14.7 Å². The van der Waals surface area contributed by atoms with Crippen molar-refractivity contribution in [3.63, 3.8) is 0 Å². The Morgan fingerprint density at radius 3 is 2.44 bits per heavy atom. The maximum Gasteiger partial charge on any atom is 0.410 e. The van der Waals surface area contributed by atoms with Gasteiger partial charge in [0.2, 0.25) is 0 Å². The lowest BCUT2D eigenvalue weighted by molar-refractivity contribution is -0.212. The van der Waals surface area contributed by atoms with Crippen LogP contribution in [-0.4, -0.2) is 85.7 Å². The fraction of sp³-hybridized carbons (Fsp3) is 0.724. The highest BCUT2D eigenvalue weighted by Gasteiger charge is 2.57. The quantitative estimate of drug-likeness (QED) is 0.491. The van der Waals surface area contributed by atoms with Gasteiger partial charge in [0.25, 0.3) is 0 Å². The molecule has 3 heterocycles. The van der Waals surface area contributed by atoms with Gasteiger partial charge >= 0.3 is 6.09 Å². The molecule has 1 aromatic carbocycles. The molecular formula is C29H45NO8Si. The number of Topliss-reactive ketones (excluding diaryl/α,β-unsaturated/α-hetero) is 1. The Kier molecular flexibility index (Phi) is 8.67. The molecular weight excluding hydrogens is 518 g/mol. The first-order valence-corrected chi connectivity index (χ1v) is 16.8. The summed E-state index contributed by atoms with van der Waals surface area (Å²) in [5.74, 6) is -1.20. The third-order valence-corrected chi connectivity index (χ3v) is 12.8. The van der Waals surface area contributed by atoms with Crippen LogP contribution in [0.25, 0.3) is 0 Å². The molecule has 9 nitrogen and oxygen atoms in total. The Labute approximate surface area is 233 Å². The van der Waals surface area contributed by atoms with Crippen LogP contribution < -0.4 is 0 Å². The number of amides is 1. The second-order valence-electron chi connectivity index (χ2n) is 13.4. The second-order valence-corrected chi connectivity index (χ2v) is 18.2. The summed E-state index contributed by atoms with van der Waals surface area (Å²) >= 11 is 0. The smallest absolute Gasteiger partial charge is 0.410 e. The van der Waals surface area contributed by atoms with E-state index >= 15 is 0 Å². The van der Waals surface area contributed by atoms with Crippen molar-refractivity contribution < 1.29 is 38.1 Å². The molecule has 3 aliphatic rings. The van der Waals surface area contributed by atoms with E-state index in [1.54, 1.807) is 20.8 Å². The van der Waals surface area contributed by atoms with Crippen LogP contribution in [0.1, 0.15) is 53.5 Å². The van der Waals surface area contributed by atoms with Crippen LogP contribution in [0.5, 0.6) is 0 Å². The number of likely N-dealkylation sites (tertiary alicyclic amines) is 1. The SMILES string of the molecule is CC(C)(C)OC(=O)N1C[C@H](O[Si](C)(C)C(C)(C)C)C[C@H]1[C@H](O)[C@H]1C(=O)[C@@H]2CO[C@@H](O2)[C@@H]1OCc1ccccc1. The Morgan fingerprint density at radius 1 is 1.15 bits per heavy atom. The standard InChI is InChI=1S/C29H45NO8Si/c1-28(2,3)37-27(33)30-15-19(38-39(7,8)29(4,5)6)14-20(30)23(31)22-24(32)21-17-35-26(36-21)25(22)34-16-18-12-10-9-11-13-18/h9-13,19-23,25-26,31H,14-17H2,1-8H3/t19-,20+,21+,22+,23+,25-,26+/m1/s1. The second kappa shape index (κ2) is 11.2. The average Bonchev–Trinajstić information content (AvgIpc) is 3.45. The van der Waals surface area contributed by atoms with Gasteiger partial charge < -0.3 is 28.5 Å². The molecule has 1 aromatic rings. The van der Waals surface area contributed by atoms with Crippen LogP contribution in [0, 0.1) is 5.92 Å². The minimum atomic E-state index is -2.17. The fourth-order valence-electron chi connectivity index (χ4n) is 5.20. The van der Waals surface area contributed by atoms with Gasteiger partial charge in [0.15, 0.2) is 20.4 Å². The third kappa shape index (κ3) is 6.74. The molecule has 1 N–H and O–H groups in total. The van der Waals surface area contributed by atoms with E-state index in [1.807, 2.05) is 30.3 Å². The van der Waals surface area contributed by atoms with Crippen molar-refractivity contribution in [3.05, 3.63) is 35.9 Å². The normalized spacial score (nSPS) is 30.5. The van der Waals surface area contributed by atoms with E-state index in [0.29, 0.717) is 6.42 Å². The molecule has 7 atom stereocenters. The Balaban J connectivity index is 1.60. The summed E-state index contributed by atoms with van der Waals surface area (Å²) in [5.41, 5.74) is 0.214. The molecule has 3 fully saturated rings. The molecule has 3 saturated heterocycles. The maximum atomic E-state index is 13.5. The number of benzene rings is 1. The molecule has 3 aliphatic heterocycles. The Bertz CT molecular complexity index is 1020. The Morgan fingerprint density at radius 2 is 1.82 bits per heavy atom. The van der Waals surface area contributed by atoms with Crippen molar-refractivity contribution in [1.82, 2.24) is 4.90 Å². The van der Waals surface area contributed by atoms with E-state index < -0.39 is 56.6 Å². The van der Waals surface area contributed by atoms with E-state index in [-0.39, 0.29) is 36.7 Å². The van der Waals surface area contributed by atoms with Crippen LogP contribution in [0.15, 0.2) is 30.3 Å². The van der Waals surface area contributed by atoms with Crippen molar-refractivity contribution in [1.29, 1.82) is 0 Å². The molecule has 218 valence electrons. The molecule has 1 amide bonds. The van der Waals surface area contributed by atoms with Gasteiger partial charge in [-0.2, -0.15) is 0 Å². The van der Waals surface area contributed by atoms with Gasteiger partial charge in [-0.05, 0) is 50.9 Å². The van der Waals surface area contributed by atoms with Gasteiger partial charge in [0.05, 0.1) is 37.4 Å². The van der Waals surface area contributed by atoms with Crippen LogP contribution in [-0.2, 0) is 34.8 Å². The lowest BCUT2D eigenvalue weighted by Crippen LogP contribution is -2.58. The maximum absolute atomic E-state index is 13.5. The lowest BCUT2D eigenvalue weighted by atomic mass is 9.82. The summed E-state index contributed by atoms with van der Waals surface area (Å²) in [4.78, 5) is 28.4. The van der Waals surface area contributed by atoms with Crippen LogP contribution in [0.3, 0.4) is 0 Å². The number of ether oxygens (including phenoxy) is 4. The van der Waals surface area contributed by atoms with Crippen LogP contribution >= 0.6 is 0 Å². The van der Waals surface area contributed by atoms with Gasteiger partial charge in [-0.15, -0.1) is 0 Å². The monoisotopic (exact) mass is 563 g/mol. The Hall–Kier alpha value is -1.82. The topological polar surface area (TPSA) is 104 Å². The molecule has 0 spiro atoms. The molecule has 2 bridgehead atoms. The van der Waals surface area contributed by atoms with Crippen molar-refractivity contribution in [3.8, 4) is 0 Å². The zero-order valence-electron chi connectivity index (χ0n) is 24.5. The molecule has 10 heteroatoms. The highest BCUT2D eigenvalue weighted by molar-refractivity contribution is 6.74. The number of aliphatic hydroxyl groups is 1. The van der Waals surface area contributed by atoms with Crippen LogP contribution in [0.2, 0.25) is 18.1 Å². The number of carbonyl (C=O) groups excluding carboxylic acids is 2. The van der Waals surface area contributed by atoms with Crippen LogP contribution in [0.4, 0.5) is 4.79 Å². The van der Waals surface area contributed by atoms with E-state index in [0.717, 1.165) is 5.56 Å². The first-order valence-electron chi connectivity index (χ1n) is 13.9. The summed E-state index contributed by atoms with van der Waals surface area (Å²) in [6, 6.07) is 8.91. The summed E-state index contributed by atoms with van der Waals surface area (Å²) in [6.07, 6.45) is -4.01. The average molecular weight is 564 g/mol. The molecule has 0 saturated carbocycles. The van der Waals surface area contributed by atoms with E-state index in [2.05, 4.69) is 33.9 Å². The molecule has 0 aromatic heterocycles. The van der Waals surface area contributed by atoms with Gasteiger partial charge in [-0.3, -0.25) is 9.69 Å². The van der Waals surface area contributed by atoms with Crippen molar-refractivity contribution >= 4 is 20.2 Å². The molecule has 4 rings (SSSR count). The first-order chi connectivity index (χ1) is 18.1. The fourth-order valence-corrected chi connectivity index (χ4v) is 6.56. The molecule has 0 aliphatic carbocycles. The summed E-state index contributed by atoms with van der Waals surface area (Å²) in [7, 11) is -2.17. The number of aliphatic hydroxyl groups excluding tert-OH is 1. The summed E-state index contributed by atoms with van der Waals surface area (Å²) in [6.45, 7) is 16.9. The number of rotatable bonds is 7. The zero-order valence-corrected chi connectivity index (χ0v) is 25.5. The van der Waals surface area contributed by atoms with Gasteiger partial charge in [-0.25, -0.2) is 4.79 Å². The number of hydrogen-bond acceptors (Lipinski definition) is 8. The highest BCUT2D eigenvalue weighted by Crippen LogP contribution is 2.41. The highest BCUT2D eigenvalue weighted by atomic mass is 28.4. The number of carbonyl (C=O) groups is 2. The minimum Gasteiger partial charge on any atom is -0.444 e. The minimum absolute atomic E-state index is 0.0238. The predicted octanol–water partition coefficient (Wildman–Crippen LogP) is 4.27. The number of ketones is 1.